The van der Waals surface area contributed by atoms with Crippen molar-refractivity contribution in [2.24, 2.45) is 0 Å². The Labute approximate surface area is 290 Å². The maximum absolute atomic E-state index is 12.9. The number of carbonyl (C=O) groups excluding carboxylic acids is 7. The zero-order valence-electron chi connectivity index (χ0n) is 28.5. The first-order valence-electron chi connectivity index (χ1n) is 16.0. The van der Waals surface area contributed by atoms with E-state index in [0.29, 0.717) is 12.8 Å². The predicted octanol–water partition coefficient (Wildman–Crippen LogP) is 1.18. The lowest BCUT2D eigenvalue weighted by Gasteiger charge is -2.19. The molecule has 0 aliphatic carbocycles. The Morgan fingerprint density at radius 2 is 1.06 bits per heavy atom. The van der Waals surface area contributed by atoms with Crippen molar-refractivity contribution < 1.29 is 47.8 Å². The van der Waals surface area contributed by atoms with Gasteiger partial charge in [0.25, 0.3) is 0 Å². The van der Waals surface area contributed by atoms with Gasteiger partial charge in [0.05, 0.1) is 19.6 Å². The second-order valence-electron chi connectivity index (χ2n) is 11.9. The zero-order chi connectivity index (χ0) is 36.8. The van der Waals surface area contributed by atoms with Crippen molar-refractivity contribution in [3.63, 3.8) is 0 Å². The van der Waals surface area contributed by atoms with Gasteiger partial charge >= 0.3 is 18.2 Å². The quantitative estimate of drug-likeness (QED) is 0.0699. The van der Waals surface area contributed by atoms with Gasteiger partial charge in [-0.05, 0) is 51.2 Å². The Bertz CT molecular complexity index is 1420. The van der Waals surface area contributed by atoms with Crippen molar-refractivity contribution in [2.45, 2.75) is 64.9 Å². The van der Waals surface area contributed by atoms with Crippen LogP contribution >= 0.6 is 0 Å². The molecule has 2 aromatic carbocycles. The van der Waals surface area contributed by atoms with Gasteiger partial charge in [-0.15, -0.1) is 0 Å². The van der Waals surface area contributed by atoms with Gasteiger partial charge in [-0.1, -0.05) is 60.7 Å². The molecular formula is C34H46N6O10. The van der Waals surface area contributed by atoms with E-state index in [1.165, 1.54) is 0 Å². The lowest BCUT2D eigenvalue weighted by molar-refractivity contribution is -0.149. The van der Waals surface area contributed by atoms with Gasteiger partial charge < -0.3 is 46.1 Å². The van der Waals surface area contributed by atoms with Crippen LogP contribution in [-0.4, -0.2) is 86.2 Å². The minimum Gasteiger partial charge on any atom is -0.459 e. The molecule has 0 radical (unpaired) electrons. The highest BCUT2D eigenvalue weighted by molar-refractivity contribution is 5.91. The molecule has 2 rings (SSSR count). The van der Waals surface area contributed by atoms with Crippen molar-refractivity contribution >= 4 is 41.8 Å². The second kappa shape index (κ2) is 22.1. The van der Waals surface area contributed by atoms with Crippen LogP contribution in [0.1, 0.15) is 51.2 Å². The Morgan fingerprint density at radius 3 is 1.58 bits per heavy atom. The molecule has 16 heteroatoms. The molecule has 0 fully saturated rings. The lowest BCUT2D eigenvalue weighted by atomic mass is 10.1. The maximum atomic E-state index is 12.9. The molecule has 0 aliphatic heterocycles. The Hall–Kier alpha value is -5.67. The highest BCUT2D eigenvalue weighted by Gasteiger charge is 2.23. The zero-order valence-corrected chi connectivity index (χ0v) is 28.5. The van der Waals surface area contributed by atoms with Crippen LogP contribution in [0.25, 0.3) is 0 Å². The van der Waals surface area contributed by atoms with Crippen molar-refractivity contribution in [1.29, 1.82) is 0 Å². The number of hydrogen-bond donors (Lipinski definition) is 6. The van der Waals surface area contributed by atoms with Crippen molar-refractivity contribution in [1.82, 2.24) is 31.9 Å². The molecule has 0 spiro atoms. The summed E-state index contributed by atoms with van der Waals surface area (Å²) in [7, 11) is 0. The highest BCUT2D eigenvalue weighted by Crippen LogP contribution is 2.08. The van der Waals surface area contributed by atoms with E-state index in [0.717, 1.165) is 11.1 Å². The van der Waals surface area contributed by atoms with Crippen LogP contribution in [0.15, 0.2) is 60.7 Å². The molecule has 0 bridgehead atoms. The van der Waals surface area contributed by atoms with E-state index in [-0.39, 0.29) is 26.2 Å². The molecule has 1 atom stereocenters. The van der Waals surface area contributed by atoms with Crippen molar-refractivity contribution in [2.75, 3.05) is 32.7 Å². The summed E-state index contributed by atoms with van der Waals surface area (Å²) in [4.78, 5) is 85.1. The summed E-state index contributed by atoms with van der Waals surface area (Å²) in [5, 5.41) is 14.4. The third kappa shape index (κ3) is 19.2. The first kappa shape index (κ1) is 40.5. The largest absolute Gasteiger partial charge is 0.459 e. The SMILES string of the molecule is CC(C)(C)OC(=O)NCC(=O)NCC(=O)NCC(=O)NCC(=O)N[C@@H](CCCCNC(=O)OCc1ccccc1)C(=O)OCc1ccccc1. The molecule has 272 valence electrons. The maximum Gasteiger partial charge on any atom is 0.408 e. The topological polar surface area (TPSA) is 219 Å². The van der Waals surface area contributed by atoms with Gasteiger partial charge in [0.1, 0.15) is 31.4 Å². The lowest BCUT2D eigenvalue weighted by Crippen LogP contribution is -2.48. The summed E-state index contributed by atoms with van der Waals surface area (Å²) in [5.41, 5.74) is 0.874. The minimum atomic E-state index is -1.03. The van der Waals surface area contributed by atoms with E-state index in [4.69, 9.17) is 14.2 Å². The third-order valence-corrected chi connectivity index (χ3v) is 6.38. The van der Waals surface area contributed by atoms with E-state index in [9.17, 15) is 33.6 Å². The van der Waals surface area contributed by atoms with Crippen LogP contribution in [-0.2, 0) is 51.4 Å². The normalized spacial score (nSPS) is 11.2. The summed E-state index contributed by atoms with van der Waals surface area (Å²) in [5.74, 6) is -3.37. The standard InChI is InChI=1S/C34H46N6O10/c1-34(2,3)50-33(47)39-20-29(43)37-18-27(41)36-19-28(42)38-21-30(44)40-26(31(45)48-22-24-12-6-4-7-13-24)16-10-11-17-35-32(46)49-23-25-14-8-5-9-15-25/h4-9,12-15,26H,10-11,16-23H2,1-3H3,(H,35,46)(H,36,41)(H,37,43)(H,38,42)(H,39,47)(H,40,44)/t26-/m0/s1. The summed E-state index contributed by atoms with van der Waals surface area (Å²) < 4.78 is 15.6. The van der Waals surface area contributed by atoms with Gasteiger partial charge in [0.2, 0.25) is 23.6 Å². The Kier molecular flexibility index (Phi) is 17.9. The highest BCUT2D eigenvalue weighted by atomic mass is 16.6. The first-order chi connectivity index (χ1) is 23.8. The first-order valence-corrected chi connectivity index (χ1v) is 16.0. The summed E-state index contributed by atoms with van der Waals surface area (Å²) >= 11 is 0. The van der Waals surface area contributed by atoms with Crippen LogP contribution in [0.4, 0.5) is 9.59 Å². The van der Waals surface area contributed by atoms with Gasteiger partial charge in [-0.2, -0.15) is 0 Å². The molecular weight excluding hydrogens is 652 g/mol. The van der Waals surface area contributed by atoms with Gasteiger partial charge in [-0.3, -0.25) is 19.2 Å². The summed E-state index contributed by atoms with van der Waals surface area (Å²) in [6.45, 7) is 3.56. The summed E-state index contributed by atoms with van der Waals surface area (Å²) in [6, 6.07) is 17.2. The molecule has 0 aromatic heterocycles. The average Bonchev–Trinajstić information content (AvgIpc) is 3.08. The van der Waals surface area contributed by atoms with E-state index >= 15 is 0 Å². The summed E-state index contributed by atoms with van der Waals surface area (Å²) in [6.07, 6.45) is -0.250. The van der Waals surface area contributed by atoms with E-state index < -0.39 is 79.6 Å². The number of nitrogens with one attached hydrogen (secondary N) is 6. The number of esters is 1. The number of alkyl carbamates (subject to hydrolysis) is 2. The van der Waals surface area contributed by atoms with E-state index in [1.54, 1.807) is 45.0 Å². The smallest absolute Gasteiger partial charge is 0.408 e. The van der Waals surface area contributed by atoms with Gasteiger partial charge in [0, 0.05) is 6.54 Å². The molecule has 0 saturated heterocycles. The van der Waals surface area contributed by atoms with Crippen LogP contribution in [0.5, 0.6) is 0 Å². The number of ether oxygens (including phenoxy) is 3. The fraction of sp³-hybridized carbons (Fsp3) is 0.441. The van der Waals surface area contributed by atoms with Crippen molar-refractivity contribution in [3.05, 3.63) is 71.8 Å². The fourth-order valence-electron chi connectivity index (χ4n) is 3.95. The van der Waals surface area contributed by atoms with Crippen molar-refractivity contribution in [3.8, 4) is 0 Å². The Morgan fingerprint density at radius 1 is 0.580 bits per heavy atom. The molecule has 2 aromatic rings. The average molecular weight is 699 g/mol. The van der Waals surface area contributed by atoms with Gasteiger partial charge in [0.15, 0.2) is 0 Å². The minimum absolute atomic E-state index is 0.00199. The number of unbranched alkanes of at least 4 members (excludes halogenated alkanes) is 1. The monoisotopic (exact) mass is 698 g/mol. The second-order valence-corrected chi connectivity index (χ2v) is 11.9. The van der Waals surface area contributed by atoms with Crippen LogP contribution in [0.2, 0.25) is 0 Å². The Balaban J connectivity index is 1.72. The van der Waals surface area contributed by atoms with Gasteiger partial charge in [-0.25, -0.2) is 14.4 Å². The molecule has 0 saturated carbocycles. The molecule has 6 amide bonds. The predicted molar refractivity (Wildman–Crippen MR) is 180 cm³/mol. The van der Waals surface area contributed by atoms with E-state index in [2.05, 4.69) is 31.9 Å². The van der Waals surface area contributed by atoms with E-state index in [1.807, 2.05) is 36.4 Å². The molecule has 16 nitrogen and oxygen atoms in total. The molecule has 0 aliphatic rings. The number of rotatable bonds is 19. The number of carbonyl (C=O) groups is 7. The van der Waals surface area contributed by atoms with Crippen LogP contribution in [0.3, 0.4) is 0 Å². The number of hydrogen-bond acceptors (Lipinski definition) is 10. The van der Waals surface area contributed by atoms with Crippen LogP contribution < -0.4 is 31.9 Å². The fourth-order valence-corrected chi connectivity index (χ4v) is 3.95. The third-order valence-electron chi connectivity index (χ3n) is 6.38. The number of amides is 6. The molecule has 50 heavy (non-hydrogen) atoms. The molecule has 0 heterocycles. The van der Waals surface area contributed by atoms with Crippen LogP contribution in [0, 0.1) is 0 Å². The molecule has 0 unspecified atom stereocenters. The molecule has 6 N–H and O–H groups in total. The number of benzene rings is 2.